The minimum atomic E-state index is -0.865. The quantitative estimate of drug-likeness (QED) is 0.825. The Kier molecular flexibility index (Phi) is 3.58. The molecule has 0 atom stereocenters. The molecule has 0 aromatic heterocycles. The molecule has 6 heteroatoms. The van der Waals surface area contributed by atoms with E-state index in [1.165, 1.54) is 0 Å². The summed E-state index contributed by atoms with van der Waals surface area (Å²) < 4.78 is 0. The molecular weight excluding hydrogens is 284 g/mol. The number of carboxylic acids is 2. The standard InChI is InChI=1S/C16H14N2O4/c19-15(20)3-1-9-5-10-7-12-13(8-11(10)6-9)18-14(17-12)2-4-16(21)22/h5-8H,1-4H2,(H,19,20)(H,21,22). The van der Waals surface area contributed by atoms with E-state index in [1.54, 1.807) is 0 Å². The summed E-state index contributed by atoms with van der Waals surface area (Å²) in [6.07, 6.45) is 4.86. The van der Waals surface area contributed by atoms with Gasteiger partial charge in [-0.2, -0.15) is 0 Å². The molecule has 0 spiro atoms. The number of nitrogens with zero attached hydrogens (tertiary/aromatic N) is 2. The molecule has 0 saturated carbocycles. The Balaban J connectivity index is 1.81. The summed E-state index contributed by atoms with van der Waals surface area (Å²) in [5.74, 6) is -1.14. The van der Waals surface area contributed by atoms with E-state index in [2.05, 4.69) is 9.98 Å². The number of allylic oxidation sites excluding steroid dienone is 1. The van der Waals surface area contributed by atoms with Crippen LogP contribution < -0.4 is 10.6 Å². The molecule has 3 rings (SSSR count). The van der Waals surface area contributed by atoms with Crippen LogP contribution >= 0.6 is 0 Å². The Bertz CT molecular complexity index is 778. The molecule has 0 radical (unpaired) electrons. The smallest absolute Gasteiger partial charge is 0.303 e. The minimum Gasteiger partial charge on any atom is -0.481 e. The lowest BCUT2D eigenvalue weighted by atomic mass is 10.1. The van der Waals surface area contributed by atoms with Crippen molar-refractivity contribution < 1.29 is 19.8 Å². The number of hydrogen-bond donors (Lipinski definition) is 2. The van der Waals surface area contributed by atoms with E-state index in [0.717, 1.165) is 27.4 Å². The predicted octanol–water partition coefficient (Wildman–Crippen LogP) is 1.26. The van der Waals surface area contributed by atoms with Crippen LogP contribution in [0.2, 0.25) is 0 Å². The molecule has 6 nitrogen and oxygen atoms in total. The van der Waals surface area contributed by atoms with Crippen LogP contribution in [0.1, 0.15) is 31.2 Å². The van der Waals surface area contributed by atoms with Crippen molar-refractivity contribution in [1.82, 2.24) is 0 Å². The number of carbonyl (C=O) groups is 2. The Morgan fingerprint density at radius 3 is 2.41 bits per heavy atom. The number of aliphatic imine (C=N–C) groups is 1. The first-order valence-electron chi connectivity index (χ1n) is 6.97. The van der Waals surface area contributed by atoms with Crippen LogP contribution in [0.15, 0.2) is 27.7 Å². The lowest BCUT2D eigenvalue weighted by Crippen LogP contribution is -2.10. The van der Waals surface area contributed by atoms with Crippen molar-refractivity contribution in [1.29, 1.82) is 0 Å². The van der Waals surface area contributed by atoms with E-state index in [1.807, 2.05) is 24.3 Å². The third-order valence-corrected chi connectivity index (χ3v) is 3.55. The fourth-order valence-corrected chi connectivity index (χ4v) is 2.51. The molecule has 1 heterocycles. The molecule has 0 amide bonds. The monoisotopic (exact) mass is 298 g/mol. The molecule has 0 bridgehead atoms. The topological polar surface area (TPSA) is 99.3 Å². The predicted molar refractivity (Wildman–Crippen MR) is 80.5 cm³/mol. The lowest BCUT2D eigenvalue weighted by Gasteiger charge is -1.93. The van der Waals surface area contributed by atoms with Gasteiger partial charge in [-0.25, -0.2) is 9.98 Å². The van der Waals surface area contributed by atoms with Gasteiger partial charge in [0.1, 0.15) is 5.84 Å². The van der Waals surface area contributed by atoms with Crippen molar-refractivity contribution in [3.8, 4) is 0 Å². The van der Waals surface area contributed by atoms with Crippen molar-refractivity contribution in [2.75, 3.05) is 0 Å². The zero-order chi connectivity index (χ0) is 15.7. The third kappa shape index (κ3) is 2.95. The van der Waals surface area contributed by atoms with Gasteiger partial charge in [0.2, 0.25) is 0 Å². The van der Waals surface area contributed by atoms with Crippen molar-refractivity contribution in [2.24, 2.45) is 9.98 Å². The third-order valence-electron chi connectivity index (χ3n) is 3.55. The average Bonchev–Trinajstić information content (AvgIpc) is 3.02. The molecule has 2 aliphatic rings. The van der Waals surface area contributed by atoms with Crippen LogP contribution in [0.3, 0.4) is 0 Å². The second kappa shape index (κ2) is 5.55. The molecule has 22 heavy (non-hydrogen) atoms. The molecule has 0 saturated heterocycles. The first-order chi connectivity index (χ1) is 10.5. The molecule has 2 N–H and O–H groups in total. The highest BCUT2D eigenvalue weighted by molar-refractivity contribution is 5.91. The Morgan fingerprint density at radius 2 is 1.68 bits per heavy atom. The summed E-state index contributed by atoms with van der Waals surface area (Å²) >= 11 is 0. The number of amidine groups is 1. The van der Waals surface area contributed by atoms with Gasteiger partial charge in [-0.05, 0) is 34.9 Å². The van der Waals surface area contributed by atoms with Gasteiger partial charge in [0.15, 0.2) is 0 Å². The van der Waals surface area contributed by atoms with Crippen LogP contribution in [-0.4, -0.2) is 28.0 Å². The van der Waals surface area contributed by atoms with E-state index >= 15 is 0 Å². The van der Waals surface area contributed by atoms with Gasteiger partial charge >= 0.3 is 11.9 Å². The Labute approximate surface area is 125 Å². The maximum Gasteiger partial charge on any atom is 0.303 e. The highest BCUT2D eigenvalue weighted by Crippen LogP contribution is 2.19. The second-order valence-electron chi connectivity index (χ2n) is 5.26. The number of fused-ring (bicyclic) bond motifs is 2. The first kappa shape index (κ1) is 14.2. The molecule has 1 aliphatic carbocycles. The molecule has 1 aromatic carbocycles. The van der Waals surface area contributed by atoms with Crippen LogP contribution in [0.25, 0.3) is 12.2 Å². The number of rotatable bonds is 6. The molecule has 0 fully saturated rings. The van der Waals surface area contributed by atoms with Crippen molar-refractivity contribution in [3.05, 3.63) is 33.8 Å². The Hall–Kier alpha value is -2.76. The molecule has 0 unspecified atom stereocenters. The number of hydrogen-bond acceptors (Lipinski definition) is 4. The van der Waals surface area contributed by atoms with Crippen LogP contribution in [0.4, 0.5) is 5.69 Å². The number of aliphatic carboxylic acids is 2. The molecule has 112 valence electrons. The molecular formula is C16H14N2O4. The molecule has 1 aliphatic heterocycles. The Morgan fingerprint density at radius 1 is 0.955 bits per heavy atom. The van der Waals surface area contributed by atoms with E-state index in [4.69, 9.17) is 10.2 Å². The van der Waals surface area contributed by atoms with Crippen LogP contribution in [0, 0.1) is 0 Å². The van der Waals surface area contributed by atoms with Gasteiger partial charge in [0, 0.05) is 12.8 Å². The lowest BCUT2D eigenvalue weighted by molar-refractivity contribution is -0.137. The van der Waals surface area contributed by atoms with Crippen molar-refractivity contribution in [3.63, 3.8) is 0 Å². The minimum absolute atomic E-state index is 0.0153. The summed E-state index contributed by atoms with van der Waals surface area (Å²) in [4.78, 5) is 29.9. The second-order valence-corrected chi connectivity index (χ2v) is 5.26. The maximum atomic E-state index is 10.6. The van der Waals surface area contributed by atoms with E-state index in [0.29, 0.717) is 18.7 Å². The maximum absolute atomic E-state index is 10.6. The van der Waals surface area contributed by atoms with E-state index < -0.39 is 11.9 Å². The van der Waals surface area contributed by atoms with Gasteiger partial charge in [-0.3, -0.25) is 9.59 Å². The summed E-state index contributed by atoms with van der Waals surface area (Å²) in [5, 5.41) is 19.2. The highest BCUT2D eigenvalue weighted by atomic mass is 16.4. The van der Waals surface area contributed by atoms with Gasteiger partial charge in [0.25, 0.3) is 0 Å². The first-order valence-corrected chi connectivity index (χ1v) is 6.97. The van der Waals surface area contributed by atoms with Crippen LogP contribution in [0.5, 0.6) is 0 Å². The number of carboxylic acid groups (broad SMARTS) is 2. The largest absolute Gasteiger partial charge is 0.481 e. The van der Waals surface area contributed by atoms with Gasteiger partial charge in [-0.1, -0.05) is 12.2 Å². The van der Waals surface area contributed by atoms with Gasteiger partial charge in [-0.15, -0.1) is 0 Å². The summed E-state index contributed by atoms with van der Waals surface area (Å²) in [5.41, 5.74) is 2.72. The fourth-order valence-electron chi connectivity index (χ4n) is 2.51. The zero-order valence-corrected chi connectivity index (χ0v) is 11.7. The van der Waals surface area contributed by atoms with Gasteiger partial charge < -0.3 is 10.2 Å². The zero-order valence-electron chi connectivity index (χ0n) is 11.7. The summed E-state index contributed by atoms with van der Waals surface area (Å²) in [6.45, 7) is 0. The van der Waals surface area contributed by atoms with Crippen molar-refractivity contribution in [2.45, 2.75) is 25.7 Å². The van der Waals surface area contributed by atoms with Crippen LogP contribution in [-0.2, 0) is 9.59 Å². The van der Waals surface area contributed by atoms with E-state index in [-0.39, 0.29) is 12.8 Å². The summed E-state index contributed by atoms with van der Waals surface area (Å²) in [7, 11) is 0. The SMILES string of the molecule is O=C(O)CCC1=Cc2cc3c(cc2=C1)N=C(CCC(=O)O)N=3. The van der Waals surface area contributed by atoms with E-state index in [9.17, 15) is 9.59 Å². The molecule has 1 aromatic rings. The highest BCUT2D eigenvalue weighted by Gasteiger charge is 2.13. The summed E-state index contributed by atoms with van der Waals surface area (Å²) in [6, 6.07) is 3.82. The van der Waals surface area contributed by atoms with Gasteiger partial charge in [0.05, 0.1) is 17.5 Å². The normalized spacial score (nSPS) is 14.4. The fraction of sp³-hybridized carbons (Fsp3) is 0.250. The average molecular weight is 298 g/mol. The van der Waals surface area contributed by atoms with Crippen molar-refractivity contribution >= 4 is 35.6 Å². The number of benzene rings is 1.